The first kappa shape index (κ1) is 18.3. The molecule has 0 aliphatic heterocycles. The molecule has 1 aromatic heterocycles. The molecule has 1 aromatic carbocycles. The highest BCUT2D eigenvalue weighted by Gasteiger charge is 2.16. The Morgan fingerprint density at radius 3 is 2.52 bits per heavy atom. The van der Waals surface area contributed by atoms with Gasteiger partial charge in [-0.2, -0.15) is 0 Å². The van der Waals surface area contributed by atoms with Crippen LogP contribution in [0.3, 0.4) is 0 Å². The molecule has 0 unspecified atom stereocenters. The van der Waals surface area contributed by atoms with Crippen molar-refractivity contribution in [1.29, 1.82) is 0 Å². The number of rotatable bonds is 5. The van der Waals surface area contributed by atoms with Crippen LogP contribution in [0.2, 0.25) is 0 Å². The maximum Gasteiger partial charge on any atom is 0.364 e. The molecule has 2 rings (SSSR count). The molecule has 0 N–H and O–H groups in total. The Hall–Kier alpha value is -3.02. The molecule has 0 radical (unpaired) electrons. The van der Waals surface area contributed by atoms with Crippen molar-refractivity contribution < 1.29 is 19.1 Å². The van der Waals surface area contributed by atoms with Crippen LogP contribution in [-0.2, 0) is 9.53 Å². The Kier molecular flexibility index (Phi) is 6.00. The lowest BCUT2D eigenvalue weighted by atomic mass is 10.2. The molecule has 0 saturated heterocycles. The molecule has 0 aliphatic carbocycles. The monoisotopic (exact) mass is 340 g/mol. The first-order chi connectivity index (χ1) is 11.9. The smallest absolute Gasteiger partial charge is 0.364 e. The highest BCUT2D eigenvalue weighted by Crippen LogP contribution is 2.17. The van der Waals surface area contributed by atoms with Gasteiger partial charge in [-0.1, -0.05) is 12.1 Å². The van der Waals surface area contributed by atoms with E-state index in [-0.39, 0.29) is 5.69 Å². The normalized spacial score (nSPS) is 10.7. The fraction of sp³-hybridized carbons (Fsp3) is 0.263. The van der Waals surface area contributed by atoms with Crippen molar-refractivity contribution in [2.75, 3.05) is 6.61 Å². The van der Waals surface area contributed by atoms with Crippen LogP contribution in [0.4, 0.5) is 0 Å². The molecule has 0 fully saturated rings. The van der Waals surface area contributed by atoms with E-state index in [9.17, 15) is 9.59 Å². The number of nitrogens with zero attached hydrogens (tertiary/aromatic N) is 2. The predicted octanol–water partition coefficient (Wildman–Crippen LogP) is 3.20. The summed E-state index contributed by atoms with van der Waals surface area (Å²) in [6, 6.07) is 6.82. The first-order valence-electron chi connectivity index (χ1n) is 7.89. The van der Waals surface area contributed by atoms with E-state index in [1.54, 1.807) is 51.1 Å². The zero-order valence-electron chi connectivity index (χ0n) is 14.7. The molecule has 1 heterocycles. The number of benzene rings is 1. The van der Waals surface area contributed by atoms with Crippen LogP contribution in [0.1, 0.15) is 40.1 Å². The van der Waals surface area contributed by atoms with Crippen molar-refractivity contribution >= 4 is 18.0 Å². The van der Waals surface area contributed by atoms with Crippen molar-refractivity contribution in [2.24, 2.45) is 0 Å². The Morgan fingerprint density at radius 1 is 1.08 bits per heavy atom. The van der Waals surface area contributed by atoms with Gasteiger partial charge in [0, 0.05) is 6.08 Å². The Labute approximate surface area is 146 Å². The van der Waals surface area contributed by atoms with Gasteiger partial charge < -0.3 is 9.47 Å². The van der Waals surface area contributed by atoms with Gasteiger partial charge in [-0.3, -0.25) is 4.98 Å². The topological polar surface area (TPSA) is 78.4 Å². The highest BCUT2D eigenvalue weighted by molar-refractivity contribution is 5.90. The summed E-state index contributed by atoms with van der Waals surface area (Å²) in [7, 11) is 0. The van der Waals surface area contributed by atoms with Crippen molar-refractivity contribution in [1.82, 2.24) is 9.97 Å². The first-order valence-corrected chi connectivity index (χ1v) is 7.89. The van der Waals surface area contributed by atoms with Crippen molar-refractivity contribution in [2.45, 2.75) is 27.7 Å². The molecule has 2 aromatic rings. The molecular weight excluding hydrogens is 320 g/mol. The zero-order valence-corrected chi connectivity index (χ0v) is 14.7. The van der Waals surface area contributed by atoms with E-state index in [1.165, 1.54) is 6.08 Å². The fourth-order valence-electron chi connectivity index (χ4n) is 2.10. The summed E-state index contributed by atoms with van der Waals surface area (Å²) in [5.74, 6) is -0.638. The molecule has 6 heteroatoms. The number of esters is 2. The number of hydrogen-bond acceptors (Lipinski definition) is 6. The van der Waals surface area contributed by atoms with E-state index in [0.717, 1.165) is 5.69 Å². The van der Waals surface area contributed by atoms with Gasteiger partial charge in [-0.15, -0.1) is 0 Å². The number of carbonyl (C=O) groups excluding carboxylic acids is 2. The lowest BCUT2D eigenvalue weighted by Crippen LogP contribution is -2.15. The van der Waals surface area contributed by atoms with Crippen LogP contribution < -0.4 is 4.74 Å². The van der Waals surface area contributed by atoms with E-state index in [0.29, 0.717) is 29.3 Å². The largest absolute Gasteiger partial charge is 0.463 e. The summed E-state index contributed by atoms with van der Waals surface area (Å²) < 4.78 is 10.2. The number of aryl methyl sites for hydroxylation is 3. The van der Waals surface area contributed by atoms with Crippen LogP contribution in [0.5, 0.6) is 5.75 Å². The third-order valence-corrected chi connectivity index (χ3v) is 3.44. The second-order valence-corrected chi connectivity index (χ2v) is 5.38. The molecular formula is C19H20N2O4. The van der Waals surface area contributed by atoms with Gasteiger partial charge in [0.25, 0.3) is 0 Å². The third kappa shape index (κ3) is 4.97. The quantitative estimate of drug-likeness (QED) is 0.472. The summed E-state index contributed by atoms with van der Waals surface area (Å²) in [5.41, 5.74) is 2.88. The summed E-state index contributed by atoms with van der Waals surface area (Å²) in [6.07, 6.45) is 2.92. The van der Waals surface area contributed by atoms with E-state index >= 15 is 0 Å². The van der Waals surface area contributed by atoms with Crippen LogP contribution in [0, 0.1) is 20.8 Å². The molecule has 6 nitrogen and oxygen atoms in total. The van der Waals surface area contributed by atoms with Crippen molar-refractivity contribution in [3.05, 3.63) is 58.7 Å². The molecule has 0 saturated carbocycles. The molecule has 130 valence electrons. The van der Waals surface area contributed by atoms with Crippen LogP contribution in [-0.4, -0.2) is 28.5 Å². The summed E-state index contributed by atoms with van der Waals surface area (Å²) in [5, 5.41) is 0. The lowest BCUT2D eigenvalue weighted by molar-refractivity contribution is -0.137. The lowest BCUT2D eigenvalue weighted by Gasteiger charge is -2.08. The van der Waals surface area contributed by atoms with E-state index in [2.05, 4.69) is 9.97 Å². The highest BCUT2D eigenvalue weighted by atomic mass is 16.5. The summed E-state index contributed by atoms with van der Waals surface area (Å²) in [6.45, 7) is 7.40. The minimum absolute atomic E-state index is 0.190. The van der Waals surface area contributed by atoms with E-state index < -0.39 is 11.9 Å². The van der Waals surface area contributed by atoms with Gasteiger partial charge in [0.1, 0.15) is 5.75 Å². The van der Waals surface area contributed by atoms with Gasteiger partial charge >= 0.3 is 11.9 Å². The number of aromatic nitrogens is 2. The molecule has 0 aliphatic rings. The van der Waals surface area contributed by atoms with Gasteiger partial charge in [-0.05, 0) is 51.5 Å². The Balaban J connectivity index is 2.15. The Bertz CT molecular complexity index is 828. The second kappa shape index (κ2) is 8.19. The minimum Gasteiger partial charge on any atom is -0.463 e. The second-order valence-electron chi connectivity index (χ2n) is 5.38. The average molecular weight is 340 g/mol. The average Bonchev–Trinajstić information content (AvgIpc) is 2.57. The van der Waals surface area contributed by atoms with Gasteiger partial charge in [0.05, 0.1) is 23.7 Å². The van der Waals surface area contributed by atoms with Crippen molar-refractivity contribution in [3.63, 3.8) is 0 Å². The summed E-state index contributed by atoms with van der Waals surface area (Å²) >= 11 is 0. The van der Waals surface area contributed by atoms with E-state index in [1.807, 2.05) is 6.92 Å². The van der Waals surface area contributed by atoms with Crippen molar-refractivity contribution in [3.8, 4) is 5.75 Å². The maximum atomic E-state index is 12.3. The third-order valence-electron chi connectivity index (χ3n) is 3.44. The Morgan fingerprint density at radius 2 is 1.80 bits per heavy atom. The van der Waals surface area contributed by atoms with E-state index in [4.69, 9.17) is 9.47 Å². The molecule has 0 amide bonds. The van der Waals surface area contributed by atoms with Crippen LogP contribution in [0.25, 0.3) is 6.08 Å². The van der Waals surface area contributed by atoms with Gasteiger partial charge in [0.2, 0.25) is 0 Å². The molecule has 25 heavy (non-hydrogen) atoms. The number of ether oxygens (including phenoxy) is 2. The zero-order chi connectivity index (χ0) is 18.4. The molecule has 0 atom stereocenters. The SMILES string of the molecule is CCOC(=O)/C=C/c1cccc(OC(=O)c2nc(C)c(C)nc2C)c1. The maximum absolute atomic E-state index is 12.3. The van der Waals surface area contributed by atoms with Gasteiger partial charge in [-0.25, -0.2) is 14.6 Å². The minimum atomic E-state index is -0.570. The number of hydrogen-bond donors (Lipinski definition) is 0. The van der Waals surface area contributed by atoms with Gasteiger partial charge in [0.15, 0.2) is 5.69 Å². The summed E-state index contributed by atoms with van der Waals surface area (Å²) in [4.78, 5) is 32.2. The number of carbonyl (C=O) groups is 2. The molecule has 0 spiro atoms. The predicted molar refractivity (Wildman–Crippen MR) is 93.3 cm³/mol. The standard InChI is InChI=1S/C19H20N2O4/c1-5-24-17(22)10-9-15-7-6-8-16(11-15)25-19(23)18-14(4)20-12(2)13(3)21-18/h6-11H,5H2,1-4H3/b10-9+. The fourth-order valence-corrected chi connectivity index (χ4v) is 2.10. The van der Waals surface area contributed by atoms with Crippen LogP contribution in [0.15, 0.2) is 30.3 Å². The molecule has 0 bridgehead atoms. The van der Waals surface area contributed by atoms with Crippen LogP contribution >= 0.6 is 0 Å².